The molecule has 0 aromatic heterocycles. The number of carboxylic acid groups (broad SMARTS) is 1. The highest BCUT2D eigenvalue weighted by molar-refractivity contribution is 7.47. The number of ether oxygens (including phenoxy) is 1. The van der Waals surface area contributed by atoms with Crippen molar-refractivity contribution >= 4 is 25.7 Å². The summed E-state index contributed by atoms with van der Waals surface area (Å²) in [7, 11) is -4.77. The molecule has 328 valence electrons. The first-order valence-corrected chi connectivity index (χ1v) is 22.8. The first-order valence-electron chi connectivity index (χ1n) is 21.3. The molecule has 1 amide bonds. The Balaban J connectivity index is 4.01. The molecule has 0 radical (unpaired) electrons. The molecule has 12 heteroatoms. The van der Waals surface area contributed by atoms with E-state index in [-0.39, 0.29) is 12.8 Å². The van der Waals surface area contributed by atoms with Crippen LogP contribution < -0.4 is 5.32 Å². The number of carbonyl (C=O) groups excluding carboxylic acids is 2. The summed E-state index contributed by atoms with van der Waals surface area (Å²) >= 11 is 0. The number of amides is 1. The van der Waals surface area contributed by atoms with E-state index in [1.54, 1.807) is 0 Å². The van der Waals surface area contributed by atoms with Crippen LogP contribution >= 0.6 is 7.82 Å². The molecule has 0 aliphatic rings. The van der Waals surface area contributed by atoms with Crippen LogP contribution in [0, 0.1) is 0 Å². The fourth-order valence-electron chi connectivity index (χ4n) is 5.05. The maximum absolute atomic E-state index is 12.2. The quantitative estimate of drug-likeness (QED) is 0.0203. The van der Waals surface area contributed by atoms with Gasteiger partial charge in [-0.15, -0.1) is 0 Å². The summed E-state index contributed by atoms with van der Waals surface area (Å²) in [6, 6.07) is -1.56. The van der Waals surface area contributed by atoms with E-state index in [4.69, 9.17) is 13.8 Å². The third-order valence-electron chi connectivity index (χ3n) is 8.36. The fraction of sp³-hybridized carbons (Fsp3) is 0.587. The fourth-order valence-corrected chi connectivity index (χ4v) is 5.82. The molecule has 3 atom stereocenters. The number of aliphatic hydroxyl groups excluding tert-OH is 1. The largest absolute Gasteiger partial charge is 0.480 e. The molecule has 0 fully saturated rings. The van der Waals surface area contributed by atoms with Crippen LogP contribution in [0.2, 0.25) is 0 Å². The van der Waals surface area contributed by atoms with Crippen LogP contribution in [0.15, 0.2) is 97.2 Å². The Labute approximate surface area is 349 Å². The average Bonchev–Trinajstić information content (AvgIpc) is 3.20. The minimum Gasteiger partial charge on any atom is -0.480 e. The monoisotopic (exact) mass is 832 g/mol. The Hall–Kier alpha value is -3.60. The maximum atomic E-state index is 12.2. The predicted molar refractivity (Wildman–Crippen MR) is 235 cm³/mol. The molecule has 0 rings (SSSR count). The van der Waals surface area contributed by atoms with Crippen LogP contribution in [0.3, 0.4) is 0 Å². The highest BCUT2D eigenvalue weighted by Crippen LogP contribution is 2.43. The number of aliphatic carboxylic acids is 1. The van der Waals surface area contributed by atoms with Gasteiger partial charge in [0.25, 0.3) is 0 Å². The van der Waals surface area contributed by atoms with Crippen molar-refractivity contribution in [3.8, 4) is 0 Å². The van der Waals surface area contributed by atoms with Crippen LogP contribution in [-0.4, -0.2) is 64.9 Å². The Morgan fingerprint density at radius 2 is 1.02 bits per heavy atom. The molecule has 0 aliphatic heterocycles. The summed E-state index contributed by atoms with van der Waals surface area (Å²) < 4.78 is 26.7. The van der Waals surface area contributed by atoms with Gasteiger partial charge in [0.2, 0.25) is 5.91 Å². The van der Waals surface area contributed by atoms with E-state index in [9.17, 15) is 34.1 Å². The van der Waals surface area contributed by atoms with Gasteiger partial charge in [0.1, 0.15) is 12.7 Å². The summed E-state index contributed by atoms with van der Waals surface area (Å²) in [5.41, 5.74) is 0. The third kappa shape index (κ3) is 39.2. The Kier molecular flexibility index (Phi) is 37.7. The van der Waals surface area contributed by atoms with E-state index in [1.807, 2.05) is 12.2 Å². The SMILES string of the molecule is CC/C=C\C/C=C\C/C=C\C/C=C\C/C=C\C/C=C\C/C=C\CCCC(=O)OCC(O)COP(=O)(O)OCC(NC(=O)CCCCCCC/C=C\CCCC)C(=O)O. The smallest absolute Gasteiger partial charge is 0.472 e. The van der Waals surface area contributed by atoms with Gasteiger partial charge in [0.05, 0.1) is 13.2 Å². The zero-order valence-electron chi connectivity index (χ0n) is 35.3. The van der Waals surface area contributed by atoms with Crippen molar-refractivity contribution in [1.29, 1.82) is 0 Å². The molecule has 11 nitrogen and oxygen atoms in total. The number of carbonyl (C=O) groups is 3. The van der Waals surface area contributed by atoms with E-state index in [2.05, 4.69) is 104 Å². The first-order chi connectivity index (χ1) is 28.1. The molecule has 58 heavy (non-hydrogen) atoms. The van der Waals surface area contributed by atoms with Gasteiger partial charge in [-0.25, -0.2) is 9.36 Å². The molecule has 0 bridgehead atoms. The second-order valence-corrected chi connectivity index (χ2v) is 15.2. The lowest BCUT2D eigenvalue weighted by Crippen LogP contribution is -2.43. The number of nitrogens with one attached hydrogen (secondary N) is 1. The van der Waals surface area contributed by atoms with Crippen LogP contribution in [-0.2, 0) is 32.7 Å². The van der Waals surface area contributed by atoms with Gasteiger partial charge in [0, 0.05) is 12.8 Å². The first kappa shape index (κ1) is 54.4. The lowest BCUT2D eigenvalue weighted by Gasteiger charge is -2.18. The number of hydrogen-bond acceptors (Lipinski definition) is 8. The molecule has 0 saturated heterocycles. The molecular weight excluding hydrogens is 757 g/mol. The zero-order chi connectivity index (χ0) is 42.8. The minimum atomic E-state index is -4.77. The van der Waals surface area contributed by atoms with Gasteiger partial charge >= 0.3 is 19.8 Å². The lowest BCUT2D eigenvalue weighted by molar-refractivity contribution is -0.147. The van der Waals surface area contributed by atoms with Crippen LogP contribution in [0.4, 0.5) is 0 Å². The van der Waals surface area contributed by atoms with Crippen molar-refractivity contribution in [2.24, 2.45) is 0 Å². The number of phosphoric ester groups is 1. The molecule has 0 aliphatic carbocycles. The van der Waals surface area contributed by atoms with Gasteiger partial charge in [-0.3, -0.25) is 18.6 Å². The molecule has 0 spiro atoms. The summed E-state index contributed by atoms with van der Waals surface area (Å²) in [4.78, 5) is 45.8. The molecule has 0 saturated carbocycles. The number of allylic oxidation sites excluding steroid dienone is 16. The number of phosphoric acid groups is 1. The third-order valence-corrected chi connectivity index (χ3v) is 9.31. The Morgan fingerprint density at radius 1 is 0.569 bits per heavy atom. The number of carboxylic acids is 1. The normalized spacial score (nSPS) is 14.7. The summed E-state index contributed by atoms with van der Waals surface area (Å²) in [6.07, 6.45) is 50.2. The van der Waals surface area contributed by atoms with E-state index in [1.165, 1.54) is 12.8 Å². The van der Waals surface area contributed by atoms with Crippen molar-refractivity contribution in [2.45, 2.75) is 154 Å². The van der Waals surface area contributed by atoms with E-state index >= 15 is 0 Å². The Morgan fingerprint density at radius 3 is 1.55 bits per heavy atom. The summed E-state index contributed by atoms with van der Waals surface area (Å²) in [6.45, 7) is 2.34. The average molecular weight is 832 g/mol. The van der Waals surface area contributed by atoms with Crippen molar-refractivity contribution in [3.63, 3.8) is 0 Å². The van der Waals surface area contributed by atoms with Gasteiger partial charge in [-0.2, -0.15) is 0 Å². The van der Waals surface area contributed by atoms with Crippen LogP contribution in [0.25, 0.3) is 0 Å². The van der Waals surface area contributed by atoms with Crippen LogP contribution in [0.1, 0.15) is 142 Å². The molecule has 0 aromatic carbocycles. The molecule has 3 unspecified atom stereocenters. The number of unbranched alkanes of at least 4 members (excludes halogenated alkanes) is 8. The standard InChI is InChI=1S/C46H74NO10P/c1-3-5-7-9-11-13-15-16-17-18-19-20-21-22-23-24-25-26-28-30-32-34-36-38-45(50)55-39-42(48)40-56-58(53,54)57-41-43(46(51)52)47-44(49)37-35-33-31-29-27-14-12-10-8-6-4-2/h5,7,10-13,16-17,19-20,22-23,25-26,30,32,42-43,48H,3-4,6,8-9,14-15,18,21,24,27-29,31,33-41H2,1-2H3,(H,47,49)(H,51,52)(H,53,54)/b7-5-,12-10-,13-11-,17-16-,20-19-,23-22-,26-25-,32-30-. The second kappa shape index (κ2) is 40.2. The minimum absolute atomic E-state index is 0.126. The molecular formula is C46H74NO10P. The highest BCUT2D eigenvalue weighted by atomic mass is 31.2. The van der Waals surface area contributed by atoms with Crippen molar-refractivity contribution in [1.82, 2.24) is 5.32 Å². The summed E-state index contributed by atoms with van der Waals surface area (Å²) in [5.74, 6) is -2.47. The zero-order valence-corrected chi connectivity index (χ0v) is 36.2. The number of esters is 1. The van der Waals surface area contributed by atoms with E-state index in [0.29, 0.717) is 19.3 Å². The second-order valence-electron chi connectivity index (χ2n) is 13.8. The van der Waals surface area contributed by atoms with Crippen molar-refractivity contribution in [3.05, 3.63) is 97.2 Å². The van der Waals surface area contributed by atoms with E-state index < -0.39 is 57.6 Å². The Bertz CT molecular complexity index is 1350. The van der Waals surface area contributed by atoms with Crippen LogP contribution in [0.5, 0.6) is 0 Å². The van der Waals surface area contributed by atoms with Crippen molar-refractivity contribution in [2.75, 3.05) is 19.8 Å². The summed E-state index contributed by atoms with van der Waals surface area (Å²) in [5, 5.41) is 21.7. The van der Waals surface area contributed by atoms with Gasteiger partial charge in [-0.05, 0) is 83.5 Å². The number of hydrogen-bond donors (Lipinski definition) is 4. The van der Waals surface area contributed by atoms with Gasteiger partial charge in [-0.1, -0.05) is 143 Å². The lowest BCUT2D eigenvalue weighted by atomic mass is 10.1. The molecule has 0 heterocycles. The van der Waals surface area contributed by atoms with Crippen molar-refractivity contribution < 1.29 is 47.8 Å². The van der Waals surface area contributed by atoms with Gasteiger partial charge in [0.15, 0.2) is 6.04 Å². The number of aliphatic hydroxyl groups is 1. The molecule has 0 aromatic rings. The van der Waals surface area contributed by atoms with E-state index in [0.717, 1.165) is 83.5 Å². The predicted octanol–water partition coefficient (Wildman–Crippen LogP) is 10.9. The van der Waals surface area contributed by atoms with Gasteiger partial charge < -0.3 is 25.2 Å². The number of rotatable bonds is 38. The maximum Gasteiger partial charge on any atom is 0.472 e. The molecule has 4 N–H and O–H groups in total. The topological polar surface area (TPSA) is 169 Å². The highest BCUT2D eigenvalue weighted by Gasteiger charge is 2.28.